The van der Waals surface area contributed by atoms with E-state index in [1.165, 1.54) is 24.5 Å². The number of morpholine rings is 1. The van der Waals surface area contributed by atoms with Crippen LogP contribution >= 0.6 is 24.0 Å². The smallest absolute Gasteiger partial charge is 0.320 e. The fourth-order valence-electron chi connectivity index (χ4n) is 5.15. The molecular weight excluding hydrogens is 718 g/mol. The number of aromatic nitrogens is 2. The number of nitrogens with zero attached hydrogens (tertiary/aromatic N) is 3. The number of anilines is 3. The maximum Gasteiger partial charge on any atom is 0.320 e. The fourth-order valence-corrected chi connectivity index (χ4v) is 5.33. The summed E-state index contributed by atoms with van der Waals surface area (Å²) in [6, 6.07) is 7.25. The first-order valence-electron chi connectivity index (χ1n) is 16.8. The van der Waals surface area contributed by atoms with E-state index in [1.807, 2.05) is 18.7 Å². The molecule has 1 saturated carbocycles. The zero-order valence-corrected chi connectivity index (χ0v) is 31.4. The average molecular weight is 766 g/mol. The van der Waals surface area contributed by atoms with Crippen molar-refractivity contribution in [3.05, 3.63) is 59.7 Å². The lowest BCUT2D eigenvalue weighted by molar-refractivity contribution is -0.159. The molecule has 5 N–H and O–H groups in total. The number of cyclic esters (lactones) is 1. The van der Waals surface area contributed by atoms with Crippen LogP contribution in [0.5, 0.6) is 5.75 Å². The molecular formula is C36H47Cl2FN6O7. The highest BCUT2D eigenvalue weighted by atomic mass is 35.5. The van der Waals surface area contributed by atoms with E-state index in [0.717, 1.165) is 19.3 Å². The number of hydrogen-bond donors (Lipinski definition) is 5. The van der Waals surface area contributed by atoms with Gasteiger partial charge in [-0.05, 0) is 77.6 Å². The maximum absolute atomic E-state index is 13.6. The molecule has 0 bridgehead atoms. The maximum atomic E-state index is 13.6. The number of carbonyl (C=O) groups is 3. The molecule has 1 aromatic heterocycles. The van der Waals surface area contributed by atoms with Gasteiger partial charge in [-0.15, -0.1) is 12.4 Å². The molecule has 2 aromatic carbocycles. The molecule has 3 aromatic rings. The molecule has 1 aliphatic heterocycles. The predicted octanol–water partition coefficient (Wildman–Crippen LogP) is 5.86. The monoisotopic (exact) mass is 764 g/mol. The number of carboxylic acids is 1. The predicted molar refractivity (Wildman–Crippen MR) is 200 cm³/mol. The molecule has 1 aliphatic carbocycles. The molecule has 1 unspecified atom stereocenters. The Labute approximate surface area is 313 Å². The van der Waals surface area contributed by atoms with Crippen LogP contribution in [0.3, 0.4) is 0 Å². The minimum absolute atomic E-state index is 0. The summed E-state index contributed by atoms with van der Waals surface area (Å²) in [5.41, 5.74) is 0.784. The molecule has 0 radical (unpaired) electrons. The van der Waals surface area contributed by atoms with E-state index in [2.05, 4.69) is 25.9 Å². The van der Waals surface area contributed by atoms with Crippen molar-refractivity contribution < 1.29 is 38.5 Å². The first-order chi connectivity index (χ1) is 24.1. The number of halogens is 3. The van der Waals surface area contributed by atoms with Crippen LogP contribution in [-0.4, -0.2) is 92.5 Å². The Bertz CT molecular complexity index is 1760. The first kappa shape index (κ1) is 42.3. The summed E-state index contributed by atoms with van der Waals surface area (Å²) in [6.45, 7) is 10.1. The van der Waals surface area contributed by atoms with E-state index in [4.69, 9.17) is 31.3 Å². The van der Waals surface area contributed by atoms with Gasteiger partial charge in [0.1, 0.15) is 36.4 Å². The van der Waals surface area contributed by atoms with Crippen LogP contribution in [0.4, 0.5) is 21.6 Å². The van der Waals surface area contributed by atoms with Crippen molar-refractivity contribution in [1.82, 2.24) is 20.2 Å². The third-order valence-corrected chi connectivity index (χ3v) is 8.84. The number of aliphatic carboxylic acids is 1. The van der Waals surface area contributed by atoms with E-state index in [9.17, 15) is 18.8 Å². The van der Waals surface area contributed by atoms with Gasteiger partial charge in [0, 0.05) is 35.3 Å². The first-order valence-corrected chi connectivity index (χ1v) is 17.2. The summed E-state index contributed by atoms with van der Waals surface area (Å²) in [4.78, 5) is 45.9. The van der Waals surface area contributed by atoms with Gasteiger partial charge in [0.2, 0.25) is 5.91 Å². The molecule has 52 heavy (non-hydrogen) atoms. The van der Waals surface area contributed by atoms with Gasteiger partial charge in [-0.25, -0.2) is 14.4 Å². The molecule has 2 heterocycles. The minimum Gasteiger partial charge on any atom is -0.488 e. The molecule has 2 fully saturated rings. The Hall–Kier alpha value is -4.08. The number of hydrogen-bond acceptors (Lipinski definition) is 11. The number of fused-ring (bicyclic) bond motifs is 1. The van der Waals surface area contributed by atoms with Crippen molar-refractivity contribution in [3.63, 3.8) is 0 Å². The topological polar surface area (TPSA) is 175 Å². The van der Waals surface area contributed by atoms with Crippen molar-refractivity contribution in [2.75, 3.05) is 36.9 Å². The molecule has 1 atom stereocenters. The SMILES string of the molecule is CC1(C)COC(=O)CN1CC=CC(=O)Nc1cc2c(Nc3ccc(F)c(Cl)c3)ncnc2cc1OC1CCC1.CCC(NC(C)(C)CO)C(=O)O.Cl. The lowest BCUT2D eigenvalue weighted by Gasteiger charge is -2.40. The van der Waals surface area contributed by atoms with Crippen LogP contribution in [0.25, 0.3) is 10.9 Å². The Balaban J connectivity index is 0.000000484. The summed E-state index contributed by atoms with van der Waals surface area (Å²) in [5, 5.41) is 27.1. The van der Waals surface area contributed by atoms with E-state index in [-0.39, 0.29) is 54.1 Å². The summed E-state index contributed by atoms with van der Waals surface area (Å²) in [6.07, 6.45) is 8.16. The molecule has 2 aliphatic rings. The number of benzene rings is 2. The Morgan fingerprint density at radius 3 is 2.58 bits per heavy atom. The second-order valence-electron chi connectivity index (χ2n) is 13.7. The number of nitrogens with one attached hydrogen (secondary N) is 3. The lowest BCUT2D eigenvalue weighted by Crippen LogP contribution is -2.54. The van der Waals surface area contributed by atoms with E-state index >= 15 is 0 Å². The third-order valence-electron chi connectivity index (χ3n) is 8.55. The number of amides is 1. The molecule has 1 amide bonds. The summed E-state index contributed by atoms with van der Waals surface area (Å²) in [7, 11) is 0. The average Bonchev–Trinajstić information content (AvgIpc) is 3.05. The Morgan fingerprint density at radius 1 is 1.23 bits per heavy atom. The normalized spacial score (nSPS) is 16.5. The third kappa shape index (κ3) is 11.7. The van der Waals surface area contributed by atoms with Gasteiger partial charge in [0.15, 0.2) is 0 Å². The zero-order valence-electron chi connectivity index (χ0n) is 29.9. The largest absolute Gasteiger partial charge is 0.488 e. The van der Waals surface area contributed by atoms with Gasteiger partial charge in [0.05, 0.1) is 41.0 Å². The molecule has 13 nitrogen and oxygen atoms in total. The van der Waals surface area contributed by atoms with Crippen molar-refractivity contribution in [2.45, 2.75) is 83.5 Å². The van der Waals surface area contributed by atoms with Crippen molar-refractivity contribution >= 4 is 69.9 Å². The molecule has 16 heteroatoms. The lowest BCUT2D eigenvalue weighted by atomic mass is 9.96. The number of aliphatic hydroxyl groups is 1. The second kappa shape index (κ2) is 18.6. The second-order valence-corrected chi connectivity index (χ2v) is 14.2. The summed E-state index contributed by atoms with van der Waals surface area (Å²) >= 11 is 5.94. The molecule has 5 rings (SSSR count). The van der Waals surface area contributed by atoms with E-state index < -0.39 is 23.4 Å². The standard InChI is InChI=1S/C28H29ClFN5O4.C8H17NO3.ClH/c1-28(2)15-38-26(37)14-35(28)10-4-7-25(36)34-23-12-19-22(13-24(23)39-18-5-3-6-18)31-16-32-27(19)33-17-8-9-21(30)20(29)11-17;1-4-6(7(11)12)9-8(2,3)5-10;/h4,7-9,11-13,16,18H,3,5-6,10,14-15H2,1-2H3,(H,34,36)(H,31,32,33);6,9-10H,4-5H2,1-3H3,(H,11,12);1H. The van der Waals surface area contributed by atoms with Gasteiger partial charge in [-0.2, -0.15) is 0 Å². The van der Waals surface area contributed by atoms with Crippen molar-refractivity contribution in [2.24, 2.45) is 0 Å². The van der Waals surface area contributed by atoms with Crippen molar-refractivity contribution in [1.29, 1.82) is 0 Å². The van der Waals surface area contributed by atoms with Crippen LogP contribution in [0.1, 0.15) is 60.3 Å². The van der Waals surface area contributed by atoms with Crippen molar-refractivity contribution in [3.8, 4) is 5.75 Å². The van der Waals surface area contributed by atoms with Gasteiger partial charge in [0.25, 0.3) is 0 Å². The van der Waals surface area contributed by atoms with Crippen LogP contribution in [0.2, 0.25) is 5.02 Å². The number of carbonyl (C=O) groups excluding carboxylic acids is 2. The fraction of sp³-hybridized carbons (Fsp3) is 0.472. The van der Waals surface area contributed by atoms with E-state index in [1.54, 1.807) is 45.0 Å². The Kier molecular flexibility index (Phi) is 15.1. The summed E-state index contributed by atoms with van der Waals surface area (Å²) in [5.74, 6) is -1.04. The molecule has 0 spiro atoms. The van der Waals surface area contributed by atoms with Crippen LogP contribution in [-0.2, 0) is 19.1 Å². The molecule has 1 saturated heterocycles. The number of esters is 1. The quantitative estimate of drug-likeness (QED) is 0.104. The highest BCUT2D eigenvalue weighted by Gasteiger charge is 2.34. The van der Waals surface area contributed by atoms with Gasteiger partial charge < -0.3 is 30.3 Å². The van der Waals surface area contributed by atoms with Gasteiger partial charge in [-0.3, -0.25) is 24.6 Å². The zero-order chi connectivity index (χ0) is 37.3. The number of carboxylic acid groups (broad SMARTS) is 1. The number of ether oxygens (including phenoxy) is 2. The van der Waals surface area contributed by atoms with Crippen LogP contribution in [0, 0.1) is 5.82 Å². The van der Waals surface area contributed by atoms with Gasteiger partial charge >= 0.3 is 11.9 Å². The highest BCUT2D eigenvalue weighted by molar-refractivity contribution is 6.31. The highest BCUT2D eigenvalue weighted by Crippen LogP contribution is 2.36. The minimum atomic E-state index is -0.876. The Morgan fingerprint density at radius 2 is 1.96 bits per heavy atom. The number of rotatable bonds is 13. The summed E-state index contributed by atoms with van der Waals surface area (Å²) < 4.78 is 25.0. The van der Waals surface area contributed by atoms with Gasteiger partial charge in [-0.1, -0.05) is 24.6 Å². The van der Waals surface area contributed by atoms with Crippen LogP contribution < -0.4 is 20.7 Å². The van der Waals surface area contributed by atoms with E-state index in [0.29, 0.717) is 53.4 Å². The molecule has 284 valence electrons. The van der Waals surface area contributed by atoms with Crippen LogP contribution in [0.15, 0.2) is 48.8 Å². The number of aliphatic hydroxyl groups excluding tert-OH is 1.